The number of nitrogens with one attached hydrogen (secondary N) is 1. The fourth-order valence-corrected chi connectivity index (χ4v) is 5.21. The number of hydrogen-bond acceptors (Lipinski definition) is 6. The zero-order valence-corrected chi connectivity index (χ0v) is 16.7. The SMILES string of the molecule is C=c1nc([C@@H]2CC[C@H]2c2csc(Cl)n2)nc2c1=CNN2C1CCC(F)(F)CC1. The molecule has 0 bridgehead atoms. The maximum atomic E-state index is 13.6. The molecule has 1 aliphatic heterocycles. The van der Waals surface area contributed by atoms with Crippen LogP contribution in [0.15, 0.2) is 5.38 Å². The van der Waals surface area contributed by atoms with E-state index in [2.05, 4.69) is 22.0 Å². The lowest BCUT2D eigenvalue weighted by Crippen LogP contribution is -2.46. The lowest BCUT2D eigenvalue weighted by molar-refractivity contribution is -0.0384. The molecule has 0 unspecified atom stereocenters. The van der Waals surface area contributed by atoms with E-state index in [1.165, 1.54) is 11.3 Å². The predicted octanol–water partition coefficient (Wildman–Crippen LogP) is 3.30. The van der Waals surface area contributed by atoms with Crippen molar-refractivity contribution in [2.24, 2.45) is 0 Å². The first-order valence-corrected chi connectivity index (χ1v) is 10.8. The van der Waals surface area contributed by atoms with E-state index >= 15 is 0 Å². The van der Waals surface area contributed by atoms with Crippen molar-refractivity contribution in [1.82, 2.24) is 20.4 Å². The van der Waals surface area contributed by atoms with Crippen molar-refractivity contribution in [1.29, 1.82) is 0 Å². The van der Waals surface area contributed by atoms with Crippen LogP contribution in [0.1, 0.15) is 61.9 Å². The lowest BCUT2D eigenvalue weighted by atomic mass is 9.71. The molecule has 2 atom stereocenters. The minimum Gasteiger partial charge on any atom is -0.303 e. The van der Waals surface area contributed by atoms with Gasteiger partial charge in [0.2, 0.25) is 5.92 Å². The molecule has 0 aromatic carbocycles. The van der Waals surface area contributed by atoms with Crippen LogP contribution < -0.4 is 21.0 Å². The van der Waals surface area contributed by atoms with Gasteiger partial charge in [-0.15, -0.1) is 11.3 Å². The summed E-state index contributed by atoms with van der Waals surface area (Å²) < 4.78 is 27.7. The van der Waals surface area contributed by atoms with E-state index in [1.807, 2.05) is 16.6 Å². The van der Waals surface area contributed by atoms with E-state index in [0.29, 0.717) is 22.7 Å². The number of nitrogens with zero attached hydrogens (tertiary/aromatic N) is 4. The quantitative estimate of drug-likeness (QED) is 0.821. The highest BCUT2D eigenvalue weighted by Crippen LogP contribution is 2.48. The third kappa shape index (κ3) is 3.06. The van der Waals surface area contributed by atoms with E-state index < -0.39 is 5.92 Å². The number of alkyl halides is 2. The van der Waals surface area contributed by atoms with Gasteiger partial charge in [0.1, 0.15) is 5.82 Å². The van der Waals surface area contributed by atoms with Crippen LogP contribution in [0.4, 0.5) is 14.6 Å². The number of thiazole rings is 1. The molecule has 3 heterocycles. The Kier molecular flexibility index (Phi) is 4.32. The molecular formula is C19H20ClF2N5S. The van der Waals surface area contributed by atoms with E-state index in [1.54, 1.807) is 0 Å². The van der Waals surface area contributed by atoms with Crippen molar-refractivity contribution in [3.63, 3.8) is 0 Å². The Morgan fingerprint density at radius 3 is 2.54 bits per heavy atom. The second-order valence-corrected chi connectivity index (χ2v) is 9.25. The molecule has 5 nitrogen and oxygen atoms in total. The second-order valence-electron chi connectivity index (χ2n) is 7.81. The molecule has 0 saturated heterocycles. The average molecular weight is 424 g/mol. The van der Waals surface area contributed by atoms with Crippen LogP contribution in [0, 0.1) is 0 Å². The molecule has 5 rings (SSSR count). The molecule has 3 aliphatic rings. The zero-order valence-electron chi connectivity index (χ0n) is 15.2. The summed E-state index contributed by atoms with van der Waals surface area (Å²) in [6.45, 7) is 4.09. The van der Waals surface area contributed by atoms with Gasteiger partial charge in [-0.25, -0.2) is 23.7 Å². The van der Waals surface area contributed by atoms with Crippen LogP contribution in [-0.2, 0) is 0 Å². The molecular weight excluding hydrogens is 404 g/mol. The number of aromatic nitrogens is 3. The molecule has 9 heteroatoms. The van der Waals surface area contributed by atoms with Gasteiger partial charge in [0.05, 0.1) is 22.3 Å². The molecule has 2 aromatic rings. The molecule has 2 saturated carbocycles. The van der Waals surface area contributed by atoms with Crippen molar-refractivity contribution in [2.75, 3.05) is 5.01 Å². The van der Waals surface area contributed by atoms with Gasteiger partial charge in [-0.3, -0.25) is 5.01 Å². The molecule has 148 valence electrons. The van der Waals surface area contributed by atoms with E-state index in [9.17, 15) is 8.78 Å². The molecule has 0 amide bonds. The molecule has 2 aromatic heterocycles. The third-order valence-corrected chi connectivity index (χ3v) is 7.13. The first-order chi connectivity index (χ1) is 13.4. The standard InChI is InChI=1S/C19H20ClF2N5S/c1-10-14-8-23-27(11-4-6-19(21,22)7-5-11)17(14)26-16(24-10)13-3-2-12(13)15-9-28-18(20)25-15/h8-9,11-13,23H,1-7H2/t12-,13-/m1/s1. The molecule has 2 fully saturated rings. The van der Waals surface area contributed by atoms with Gasteiger partial charge in [-0.1, -0.05) is 18.2 Å². The van der Waals surface area contributed by atoms with Crippen LogP contribution in [-0.4, -0.2) is 26.9 Å². The first-order valence-electron chi connectivity index (χ1n) is 9.52. The van der Waals surface area contributed by atoms with Gasteiger partial charge in [0.15, 0.2) is 10.3 Å². The molecule has 28 heavy (non-hydrogen) atoms. The highest BCUT2D eigenvalue weighted by Gasteiger charge is 2.40. The summed E-state index contributed by atoms with van der Waals surface area (Å²) >= 11 is 7.44. The highest BCUT2D eigenvalue weighted by molar-refractivity contribution is 7.13. The van der Waals surface area contributed by atoms with Crippen LogP contribution >= 0.6 is 22.9 Å². The Balaban J connectivity index is 1.43. The summed E-state index contributed by atoms with van der Waals surface area (Å²) in [7, 11) is 0. The van der Waals surface area contributed by atoms with E-state index in [-0.39, 0.29) is 30.7 Å². The number of rotatable bonds is 3. The Morgan fingerprint density at radius 1 is 1.14 bits per heavy atom. The van der Waals surface area contributed by atoms with Crippen LogP contribution in [0.2, 0.25) is 4.47 Å². The monoisotopic (exact) mass is 423 g/mol. The Bertz CT molecular complexity index is 1020. The number of halogens is 3. The topological polar surface area (TPSA) is 53.9 Å². The maximum absolute atomic E-state index is 13.6. The molecule has 2 aliphatic carbocycles. The highest BCUT2D eigenvalue weighted by atomic mass is 35.5. The van der Waals surface area contributed by atoms with Crippen molar-refractivity contribution in [3.05, 3.63) is 31.9 Å². The minimum absolute atomic E-state index is 0.00573. The molecule has 0 spiro atoms. The number of anilines is 1. The number of hydrogen-bond donors (Lipinski definition) is 1. The fraction of sp³-hybridized carbons (Fsp3) is 0.526. The van der Waals surface area contributed by atoms with Gasteiger partial charge in [0, 0.05) is 36.3 Å². The summed E-state index contributed by atoms with van der Waals surface area (Å²) in [4.78, 5) is 13.9. The summed E-state index contributed by atoms with van der Waals surface area (Å²) in [6, 6.07) is -0.00573. The van der Waals surface area contributed by atoms with Crippen molar-refractivity contribution in [3.8, 4) is 0 Å². The lowest BCUT2D eigenvalue weighted by Gasteiger charge is -2.36. The van der Waals surface area contributed by atoms with Gasteiger partial charge in [-0.2, -0.15) is 0 Å². The average Bonchev–Trinajstić information content (AvgIpc) is 3.21. The zero-order chi connectivity index (χ0) is 19.5. The fourth-order valence-electron chi connectivity index (χ4n) is 4.37. The predicted molar refractivity (Wildman–Crippen MR) is 106 cm³/mol. The van der Waals surface area contributed by atoms with Gasteiger partial charge in [0.25, 0.3) is 0 Å². The van der Waals surface area contributed by atoms with Gasteiger partial charge < -0.3 is 5.43 Å². The van der Waals surface area contributed by atoms with E-state index in [4.69, 9.17) is 16.6 Å². The van der Waals surface area contributed by atoms with Crippen LogP contribution in [0.5, 0.6) is 0 Å². The summed E-state index contributed by atoms with van der Waals surface area (Å²) in [5.74, 6) is -0.589. The summed E-state index contributed by atoms with van der Waals surface area (Å²) in [5.41, 5.74) is 4.20. The van der Waals surface area contributed by atoms with Gasteiger partial charge >= 0.3 is 0 Å². The Labute approximate surface area is 170 Å². The smallest absolute Gasteiger partial charge is 0.248 e. The Morgan fingerprint density at radius 2 is 1.89 bits per heavy atom. The Hall–Kier alpha value is -1.80. The van der Waals surface area contributed by atoms with Crippen LogP contribution in [0.3, 0.4) is 0 Å². The largest absolute Gasteiger partial charge is 0.303 e. The maximum Gasteiger partial charge on any atom is 0.248 e. The molecule has 0 radical (unpaired) electrons. The van der Waals surface area contributed by atoms with Crippen molar-refractivity contribution >= 4 is 41.5 Å². The van der Waals surface area contributed by atoms with Crippen molar-refractivity contribution in [2.45, 2.75) is 62.3 Å². The number of fused-ring (bicyclic) bond motifs is 1. The first kappa shape index (κ1) is 18.2. The second kappa shape index (κ2) is 6.62. The molecule has 1 N–H and O–H groups in total. The normalized spacial score (nSPS) is 26.3. The minimum atomic E-state index is -2.55. The van der Waals surface area contributed by atoms with E-state index in [0.717, 1.165) is 35.4 Å². The van der Waals surface area contributed by atoms with Crippen molar-refractivity contribution < 1.29 is 8.78 Å². The van der Waals surface area contributed by atoms with Gasteiger partial charge in [-0.05, 0) is 25.7 Å². The number of hydrazine groups is 1. The summed E-state index contributed by atoms with van der Waals surface area (Å²) in [6.07, 6.45) is 4.54. The summed E-state index contributed by atoms with van der Waals surface area (Å²) in [5, 5.41) is 5.44. The third-order valence-electron chi connectivity index (χ3n) is 6.13. The van der Waals surface area contributed by atoms with Crippen LogP contribution in [0.25, 0.3) is 12.8 Å².